The van der Waals surface area contributed by atoms with Gasteiger partial charge in [0, 0.05) is 56.3 Å². The summed E-state index contributed by atoms with van der Waals surface area (Å²) in [6.45, 7) is 8.88. The van der Waals surface area contributed by atoms with E-state index in [2.05, 4.69) is 14.9 Å². The van der Waals surface area contributed by atoms with E-state index in [0.717, 1.165) is 77.4 Å². The molecular formula is C34H45F2N5O5S. The molecule has 3 aliphatic rings. The smallest absolute Gasteiger partial charge is 0.272 e. The summed E-state index contributed by atoms with van der Waals surface area (Å²) in [5, 5.41) is 11.3. The van der Waals surface area contributed by atoms with Gasteiger partial charge in [-0.25, -0.2) is 13.8 Å². The lowest BCUT2D eigenvalue weighted by Crippen LogP contribution is -2.48. The molecule has 13 heteroatoms. The van der Waals surface area contributed by atoms with E-state index in [4.69, 9.17) is 9.47 Å². The summed E-state index contributed by atoms with van der Waals surface area (Å²) in [7, 11) is 1.85. The Hall–Kier alpha value is -3.29. The Bertz CT molecular complexity index is 1570. The number of likely N-dealkylation sites (tertiary alicyclic amines) is 1. The van der Waals surface area contributed by atoms with Crippen molar-refractivity contribution in [3.05, 3.63) is 68.3 Å². The maximum absolute atomic E-state index is 14.9. The van der Waals surface area contributed by atoms with Gasteiger partial charge in [-0.3, -0.25) is 14.9 Å². The van der Waals surface area contributed by atoms with Crippen molar-refractivity contribution in [3.8, 4) is 5.75 Å². The molecule has 0 amide bonds. The van der Waals surface area contributed by atoms with E-state index >= 15 is 0 Å². The average Bonchev–Trinajstić information content (AvgIpc) is 3.05. The summed E-state index contributed by atoms with van der Waals surface area (Å²) >= 11 is 1.74. The Kier molecular flexibility index (Phi) is 12.1. The van der Waals surface area contributed by atoms with E-state index in [1.165, 1.54) is 18.2 Å². The maximum Gasteiger partial charge on any atom is 0.272 e. The van der Waals surface area contributed by atoms with Crippen molar-refractivity contribution in [2.45, 2.75) is 69.4 Å². The molecule has 3 heterocycles. The number of rotatable bonds is 11. The van der Waals surface area contributed by atoms with Gasteiger partial charge in [0.05, 0.1) is 34.6 Å². The van der Waals surface area contributed by atoms with Crippen molar-refractivity contribution in [1.82, 2.24) is 14.9 Å². The van der Waals surface area contributed by atoms with Crippen LogP contribution < -0.4 is 15.2 Å². The van der Waals surface area contributed by atoms with Gasteiger partial charge in [-0.05, 0) is 69.5 Å². The van der Waals surface area contributed by atoms with Crippen molar-refractivity contribution in [1.29, 1.82) is 0 Å². The Morgan fingerprint density at radius 1 is 1.09 bits per heavy atom. The van der Waals surface area contributed by atoms with Crippen LogP contribution in [-0.2, 0) is 10.5 Å². The number of hydrogen-bond acceptors (Lipinski definition) is 9. The molecule has 6 rings (SSSR count). The molecule has 3 fully saturated rings. The average molecular weight is 674 g/mol. The van der Waals surface area contributed by atoms with Gasteiger partial charge in [0.2, 0.25) is 0 Å². The van der Waals surface area contributed by atoms with Gasteiger partial charge in [0.25, 0.3) is 11.2 Å². The first-order valence-electron chi connectivity index (χ1n) is 16.7. The summed E-state index contributed by atoms with van der Waals surface area (Å²) < 4.78 is 40.8. The van der Waals surface area contributed by atoms with Crippen LogP contribution in [0.4, 0.5) is 20.2 Å². The van der Waals surface area contributed by atoms with E-state index in [-0.39, 0.29) is 17.1 Å². The molecule has 3 aromatic rings. The molecule has 1 N–H and O–H groups in total. The first kappa shape index (κ1) is 35.0. The van der Waals surface area contributed by atoms with Gasteiger partial charge in [-0.1, -0.05) is 13.8 Å². The largest absolute Gasteiger partial charge is 0.493 e. The second-order valence-corrected chi connectivity index (χ2v) is 13.8. The molecule has 1 aliphatic carbocycles. The van der Waals surface area contributed by atoms with Crippen molar-refractivity contribution < 1.29 is 23.2 Å². The number of nitro groups is 1. The zero-order valence-electron chi connectivity index (χ0n) is 27.4. The van der Waals surface area contributed by atoms with Gasteiger partial charge in [-0.2, -0.15) is 11.8 Å². The predicted molar refractivity (Wildman–Crippen MR) is 181 cm³/mol. The van der Waals surface area contributed by atoms with E-state index < -0.39 is 22.1 Å². The van der Waals surface area contributed by atoms with Gasteiger partial charge in [0.15, 0.2) is 5.82 Å². The van der Waals surface area contributed by atoms with Crippen LogP contribution in [-0.4, -0.2) is 77.6 Å². The number of piperidine rings is 1. The third-order valence-electron chi connectivity index (χ3n) is 9.40. The lowest BCUT2D eigenvalue weighted by atomic mass is 9.78. The first-order chi connectivity index (χ1) is 22.7. The van der Waals surface area contributed by atoms with Crippen molar-refractivity contribution >= 4 is 34.0 Å². The summed E-state index contributed by atoms with van der Waals surface area (Å²) in [4.78, 5) is 34.6. The fourth-order valence-corrected chi connectivity index (χ4v) is 7.67. The zero-order valence-corrected chi connectivity index (χ0v) is 28.2. The Morgan fingerprint density at radius 2 is 1.81 bits per heavy atom. The molecule has 256 valence electrons. The molecule has 0 atom stereocenters. The molecule has 0 unspecified atom stereocenters. The number of nitrogens with one attached hydrogen (secondary N) is 1. The number of fused-ring (bicyclic) bond motifs is 1. The molecule has 0 spiro atoms. The van der Waals surface area contributed by atoms with Gasteiger partial charge >= 0.3 is 0 Å². The predicted octanol–water partition coefficient (Wildman–Crippen LogP) is 6.55. The second-order valence-electron chi connectivity index (χ2n) is 12.5. The number of thioether (sulfide) groups is 1. The number of H-pyrrole nitrogens is 1. The Labute approximate surface area is 278 Å². The zero-order chi connectivity index (χ0) is 33.5. The molecule has 0 bridgehead atoms. The van der Waals surface area contributed by atoms with Gasteiger partial charge in [-0.15, -0.1) is 0 Å². The highest BCUT2D eigenvalue weighted by atomic mass is 32.2. The molecule has 2 aromatic carbocycles. The Morgan fingerprint density at radius 3 is 2.49 bits per heavy atom. The minimum absolute atomic E-state index is 0.0437. The normalized spacial score (nSPS) is 20.7. The number of aromatic nitrogens is 2. The van der Waals surface area contributed by atoms with Crippen LogP contribution in [0.3, 0.4) is 0 Å². The third-order valence-corrected chi connectivity index (χ3v) is 10.8. The number of ether oxygens (including phenoxy) is 2. The minimum Gasteiger partial charge on any atom is -0.493 e. The molecule has 1 aromatic heterocycles. The topological polar surface area (TPSA) is 114 Å². The monoisotopic (exact) mass is 673 g/mol. The van der Waals surface area contributed by atoms with Crippen LogP contribution >= 0.6 is 11.8 Å². The summed E-state index contributed by atoms with van der Waals surface area (Å²) in [6.07, 6.45) is 5.81. The highest BCUT2D eigenvalue weighted by Crippen LogP contribution is 2.36. The summed E-state index contributed by atoms with van der Waals surface area (Å²) in [5.41, 5.74) is -0.00881. The quantitative estimate of drug-likeness (QED) is 0.179. The molecule has 2 aliphatic heterocycles. The number of hydrogen-bond donors (Lipinski definition) is 1. The fourth-order valence-electron chi connectivity index (χ4n) is 6.61. The number of nitrogens with zero attached hydrogens (tertiary/aromatic N) is 4. The number of nitro benzene ring substituents is 1. The highest BCUT2D eigenvalue weighted by molar-refractivity contribution is 7.99. The number of non-ortho nitro benzene ring substituents is 1. The first-order valence-corrected chi connectivity index (χ1v) is 17.7. The number of aromatic amines is 1. The molecule has 2 saturated heterocycles. The summed E-state index contributed by atoms with van der Waals surface area (Å²) in [6, 6.07) is 6.97. The highest BCUT2D eigenvalue weighted by Gasteiger charge is 2.35. The molecule has 0 radical (unpaired) electrons. The van der Waals surface area contributed by atoms with E-state index in [9.17, 15) is 23.7 Å². The summed E-state index contributed by atoms with van der Waals surface area (Å²) in [5.74, 6) is 1.16. The lowest BCUT2D eigenvalue weighted by molar-refractivity contribution is -0.385. The van der Waals surface area contributed by atoms with Crippen LogP contribution in [0, 0.1) is 33.6 Å². The Balaban J connectivity index is 0.00000213. The van der Waals surface area contributed by atoms with E-state index in [1.807, 2.05) is 25.8 Å². The van der Waals surface area contributed by atoms with Crippen LogP contribution in [0.25, 0.3) is 10.9 Å². The van der Waals surface area contributed by atoms with Crippen molar-refractivity contribution in [3.63, 3.8) is 0 Å². The molecule has 1 saturated carbocycles. The third kappa shape index (κ3) is 8.80. The molecule has 10 nitrogen and oxygen atoms in total. The van der Waals surface area contributed by atoms with E-state index in [1.54, 1.807) is 17.8 Å². The molecular weight excluding hydrogens is 628 g/mol. The lowest BCUT2D eigenvalue weighted by Gasteiger charge is -2.45. The fraction of sp³-hybridized carbons (Fsp3) is 0.588. The number of anilines is 1. The van der Waals surface area contributed by atoms with Crippen LogP contribution in [0.15, 0.2) is 35.1 Å². The maximum atomic E-state index is 14.9. The van der Waals surface area contributed by atoms with Gasteiger partial charge in [0.1, 0.15) is 22.8 Å². The SMILES string of the molecule is CC.CN(c1ccc([N+](=O)[O-])cc1F)C1CC(CN2CCC(COc3cc(F)c4c(=O)[nH]c(CSC5CCOCC5)nc4c3)CC2)C1. The van der Waals surface area contributed by atoms with Crippen LogP contribution in [0.2, 0.25) is 0 Å². The van der Waals surface area contributed by atoms with Crippen LogP contribution in [0.1, 0.15) is 58.2 Å². The van der Waals surface area contributed by atoms with Crippen molar-refractivity contribution in [2.24, 2.45) is 11.8 Å². The van der Waals surface area contributed by atoms with Gasteiger partial charge < -0.3 is 24.3 Å². The minimum atomic E-state index is -0.629. The standard InChI is InChI=1S/C32H39F2N5O5S.C2H6/c1-37(29-3-2-22(39(41)42)14-26(29)33)23-12-21(13-23)17-38-8-4-20(5-9-38)18-44-24-15-27(34)31-28(16-24)35-30(36-32(31)40)19-45-25-6-10-43-11-7-25;1-2/h2-3,14-16,20-21,23,25H,4-13,17-19H2,1H3,(H,35,36,40);1-2H3. The van der Waals surface area contributed by atoms with Crippen molar-refractivity contribution in [2.75, 3.05) is 51.4 Å². The van der Waals surface area contributed by atoms with Crippen LogP contribution in [0.5, 0.6) is 5.75 Å². The number of benzene rings is 2. The van der Waals surface area contributed by atoms with E-state index in [0.29, 0.717) is 52.2 Å². The number of halogens is 2. The molecule has 47 heavy (non-hydrogen) atoms. The second kappa shape index (κ2) is 16.2.